The summed E-state index contributed by atoms with van der Waals surface area (Å²) in [5.74, 6) is 0. The van der Waals surface area contributed by atoms with Crippen molar-refractivity contribution in [2.75, 3.05) is 20.1 Å². The summed E-state index contributed by atoms with van der Waals surface area (Å²) < 4.78 is 0. The lowest BCUT2D eigenvalue weighted by molar-refractivity contribution is 0.209. The largest absolute Gasteiger partial charge is 0.330 e. The number of rotatable bonds is 5. The molecular formula is C13H23N3. The maximum atomic E-state index is 5.73. The van der Waals surface area contributed by atoms with E-state index in [4.69, 9.17) is 5.73 Å². The number of pyridine rings is 1. The van der Waals surface area contributed by atoms with Crippen LogP contribution in [0.4, 0.5) is 0 Å². The topological polar surface area (TPSA) is 42.2 Å². The van der Waals surface area contributed by atoms with Crippen LogP contribution in [0.3, 0.4) is 0 Å². The quantitative estimate of drug-likeness (QED) is 0.824. The minimum Gasteiger partial charge on any atom is -0.330 e. The van der Waals surface area contributed by atoms with Crippen LogP contribution in [-0.4, -0.2) is 30.0 Å². The number of aromatic nitrogens is 1. The number of hydrogen-bond donors (Lipinski definition) is 1. The number of nitrogens with two attached hydrogens (primary N) is 1. The molecule has 0 amide bonds. The number of aryl methyl sites for hydroxylation is 1. The lowest BCUT2D eigenvalue weighted by Crippen LogP contribution is -2.36. The van der Waals surface area contributed by atoms with Crippen molar-refractivity contribution >= 4 is 0 Å². The number of nitrogens with zero attached hydrogens (tertiary/aromatic N) is 2. The fraction of sp³-hybridized carbons (Fsp3) is 0.615. The molecule has 0 spiro atoms. The maximum Gasteiger partial charge on any atom is 0.0313 e. The first-order chi connectivity index (χ1) is 7.43. The Hall–Kier alpha value is -0.930. The van der Waals surface area contributed by atoms with Crippen LogP contribution in [0.2, 0.25) is 0 Å². The van der Waals surface area contributed by atoms with Crippen LogP contribution in [0, 0.1) is 12.3 Å². The van der Waals surface area contributed by atoms with E-state index in [1.165, 1.54) is 11.1 Å². The third-order valence-corrected chi connectivity index (χ3v) is 2.63. The van der Waals surface area contributed by atoms with E-state index in [-0.39, 0.29) is 5.41 Å². The fourth-order valence-electron chi connectivity index (χ4n) is 1.87. The van der Waals surface area contributed by atoms with Gasteiger partial charge >= 0.3 is 0 Å². The number of hydrogen-bond acceptors (Lipinski definition) is 3. The Morgan fingerprint density at radius 3 is 2.62 bits per heavy atom. The first-order valence-electron chi connectivity index (χ1n) is 5.72. The second-order valence-electron chi connectivity index (χ2n) is 5.41. The Morgan fingerprint density at radius 2 is 2.06 bits per heavy atom. The van der Waals surface area contributed by atoms with Crippen molar-refractivity contribution in [2.24, 2.45) is 11.1 Å². The molecule has 90 valence electrons. The van der Waals surface area contributed by atoms with Crippen molar-refractivity contribution in [3.63, 3.8) is 0 Å². The van der Waals surface area contributed by atoms with Gasteiger partial charge in [0.2, 0.25) is 0 Å². The van der Waals surface area contributed by atoms with Crippen LogP contribution in [-0.2, 0) is 6.54 Å². The van der Waals surface area contributed by atoms with Crippen molar-refractivity contribution < 1.29 is 0 Å². The molecular weight excluding hydrogens is 198 g/mol. The van der Waals surface area contributed by atoms with E-state index < -0.39 is 0 Å². The molecule has 3 nitrogen and oxygen atoms in total. The highest BCUT2D eigenvalue weighted by molar-refractivity contribution is 5.16. The summed E-state index contributed by atoms with van der Waals surface area (Å²) in [6, 6.07) is 2.18. The van der Waals surface area contributed by atoms with E-state index in [1.54, 1.807) is 0 Å². The van der Waals surface area contributed by atoms with Crippen molar-refractivity contribution in [3.8, 4) is 0 Å². The van der Waals surface area contributed by atoms with Gasteiger partial charge in [-0.15, -0.1) is 0 Å². The summed E-state index contributed by atoms with van der Waals surface area (Å²) >= 11 is 0. The van der Waals surface area contributed by atoms with Gasteiger partial charge in [0.1, 0.15) is 0 Å². The molecule has 0 saturated heterocycles. The van der Waals surface area contributed by atoms with E-state index >= 15 is 0 Å². The molecule has 0 fully saturated rings. The third-order valence-electron chi connectivity index (χ3n) is 2.63. The fourth-order valence-corrected chi connectivity index (χ4v) is 1.87. The molecule has 16 heavy (non-hydrogen) atoms. The molecule has 1 aromatic rings. The average Bonchev–Trinajstić information content (AvgIpc) is 2.16. The molecule has 0 aliphatic carbocycles. The summed E-state index contributed by atoms with van der Waals surface area (Å²) in [7, 11) is 2.12. The third kappa shape index (κ3) is 4.29. The lowest BCUT2D eigenvalue weighted by Gasteiger charge is -2.28. The van der Waals surface area contributed by atoms with Crippen molar-refractivity contribution in [3.05, 3.63) is 29.6 Å². The van der Waals surface area contributed by atoms with Crippen molar-refractivity contribution in [2.45, 2.75) is 27.3 Å². The van der Waals surface area contributed by atoms with Gasteiger partial charge in [0.25, 0.3) is 0 Å². The van der Waals surface area contributed by atoms with Gasteiger partial charge in [-0.05, 0) is 37.1 Å². The van der Waals surface area contributed by atoms with E-state index in [0.29, 0.717) is 6.54 Å². The van der Waals surface area contributed by atoms with Crippen LogP contribution < -0.4 is 5.73 Å². The summed E-state index contributed by atoms with van der Waals surface area (Å²) in [6.07, 6.45) is 3.81. The van der Waals surface area contributed by atoms with Gasteiger partial charge in [-0.25, -0.2) is 0 Å². The van der Waals surface area contributed by atoms with Gasteiger partial charge in [0.15, 0.2) is 0 Å². The second kappa shape index (κ2) is 5.41. The van der Waals surface area contributed by atoms with Crippen LogP contribution in [0.15, 0.2) is 18.5 Å². The van der Waals surface area contributed by atoms with Gasteiger partial charge in [0.05, 0.1) is 0 Å². The molecule has 1 rings (SSSR count). The monoisotopic (exact) mass is 221 g/mol. The van der Waals surface area contributed by atoms with Gasteiger partial charge in [-0.3, -0.25) is 4.98 Å². The first kappa shape index (κ1) is 13.1. The van der Waals surface area contributed by atoms with Gasteiger partial charge in [0, 0.05) is 25.5 Å². The Kier molecular flexibility index (Phi) is 4.44. The lowest BCUT2D eigenvalue weighted by atomic mass is 9.93. The Labute approximate surface area is 98.7 Å². The van der Waals surface area contributed by atoms with E-state index in [0.717, 1.165) is 13.1 Å². The normalized spacial score (nSPS) is 12.1. The Morgan fingerprint density at radius 1 is 1.38 bits per heavy atom. The molecule has 0 aliphatic heterocycles. The zero-order chi connectivity index (χ0) is 12.2. The molecule has 0 aliphatic rings. The predicted molar refractivity (Wildman–Crippen MR) is 68.1 cm³/mol. The molecule has 3 heteroatoms. The molecule has 1 heterocycles. The molecule has 0 bridgehead atoms. The highest BCUT2D eigenvalue weighted by Gasteiger charge is 2.17. The molecule has 1 aromatic heterocycles. The van der Waals surface area contributed by atoms with Crippen LogP contribution in [0.5, 0.6) is 0 Å². The zero-order valence-corrected chi connectivity index (χ0v) is 10.8. The van der Waals surface area contributed by atoms with Gasteiger partial charge in [-0.2, -0.15) is 0 Å². The Balaban J connectivity index is 2.55. The SMILES string of the molecule is Cc1cncc(CN(C)CC(C)(C)CN)c1. The van der Waals surface area contributed by atoms with Gasteiger partial charge < -0.3 is 10.6 Å². The molecule has 0 atom stereocenters. The summed E-state index contributed by atoms with van der Waals surface area (Å²) in [4.78, 5) is 6.50. The summed E-state index contributed by atoms with van der Waals surface area (Å²) in [5.41, 5.74) is 8.38. The smallest absolute Gasteiger partial charge is 0.0313 e. The first-order valence-corrected chi connectivity index (χ1v) is 5.72. The van der Waals surface area contributed by atoms with Crippen molar-refractivity contribution in [1.82, 2.24) is 9.88 Å². The molecule has 0 saturated carbocycles. The van der Waals surface area contributed by atoms with Crippen LogP contribution in [0.1, 0.15) is 25.0 Å². The highest BCUT2D eigenvalue weighted by Crippen LogP contribution is 2.15. The maximum absolute atomic E-state index is 5.73. The molecule has 0 radical (unpaired) electrons. The van der Waals surface area contributed by atoms with Crippen molar-refractivity contribution in [1.29, 1.82) is 0 Å². The predicted octanol–water partition coefficient (Wildman–Crippen LogP) is 1.81. The average molecular weight is 221 g/mol. The molecule has 0 unspecified atom stereocenters. The van der Waals surface area contributed by atoms with Gasteiger partial charge in [-0.1, -0.05) is 19.9 Å². The summed E-state index contributed by atoms with van der Waals surface area (Å²) in [6.45, 7) is 9.09. The minimum absolute atomic E-state index is 0.173. The highest BCUT2D eigenvalue weighted by atomic mass is 15.1. The summed E-state index contributed by atoms with van der Waals surface area (Å²) in [5, 5.41) is 0. The van der Waals surface area contributed by atoms with Crippen LogP contribution in [0.25, 0.3) is 0 Å². The zero-order valence-electron chi connectivity index (χ0n) is 10.8. The second-order valence-corrected chi connectivity index (χ2v) is 5.41. The molecule has 0 aromatic carbocycles. The van der Waals surface area contributed by atoms with E-state index in [2.05, 4.69) is 43.8 Å². The van der Waals surface area contributed by atoms with Crippen LogP contribution >= 0.6 is 0 Å². The Bertz CT molecular complexity index is 334. The standard InChI is InChI=1S/C13H23N3/c1-11-5-12(7-15-6-11)8-16(4)10-13(2,3)9-14/h5-7H,8-10,14H2,1-4H3. The minimum atomic E-state index is 0.173. The molecule has 2 N–H and O–H groups in total. The van der Waals surface area contributed by atoms with E-state index in [9.17, 15) is 0 Å². The van der Waals surface area contributed by atoms with E-state index in [1.807, 2.05) is 12.4 Å².